The van der Waals surface area contributed by atoms with Gasteiger partial charge in [-0.15, -0.1) is 0 Å². The minimum Gasteiger partial charge on any atom is -0.480 e. The second-order valence-corrected chi connectivity index (χ2v) is 3.41. The molecule has 1 rings (SSSR count). The van der Waals surface area contributed by atoms with Crippen LogP contribution in [0.4, 0.5) is 4.79 Å². The van der Waals surface area contributed by atoms with Crippen molar-refractivity contribution in [3.8, 4) is 0 Å². The monoisotopic (exact) mass is 216 g/mol. The van der Waals surface area contributed by atoms with Crippen LogP contribution in [0.1, 0.15) is 12.8 Å². The zero-order valence-corrected chi connectivity index (χ0v) is 8.73. The number of ether oxygens (including phenoxy) is 1. The number of carboxylic acids is 1. The summed E-state index contributed by atoms with van der Waals surface area (Å²) in [5.41, 5.74) is 0. The Balaban J connectivity index is 2.60. The van der Waals surface area contributed by atoms with Crippen LogP contribution in [-0.2, 0) is 9.53 Å². The summed E-state index contributed by atoms with van der Waals surface area (Å²) in [4.78, 5) is 23.7. The highest BCUT2D eigenvalue weighted by Gasteiger charge is 2.30. The van der Waals surface area contributed by atoms with E-state index in [4.69, 9.17) is 9.84 Å². The van der Waals surface area contributed by atoms with Gasteiger partial charge in [0.15, 0.2) is 0 Å². The Morgan fingerprint density at radius 3 is 3.00 bits per heavy atom. The van der Waals surface area contributed by atoms with Crippen molar-refractivity contribution < 1.29 is 19.4 Å². The van der Waals surface area contributed by atoms with E-state index in [1.165, 1.54) is 12.0 Å². The quantitative estimate of drug-likeness (QED) is 0.672. The van der Waals surface area contributed by atoms with Gasteiger partial charge in [-0.25, -0.2) is 9.59 Å². The Kier molecular flexibility index (Phi) is 4.36. The maximum Gasteiger partial charge on any atom is 0.326 e. The van der Waals surface area contributed by atoms with Gasteiger partial charge in [0.25, 0.3) is 0 Å². The van der Waals surface area contributed by atoms with Gasteiger partial charge in [-0.1, -0.05) is 0 Å². The van der Waals surface area contributed by atoms with Crippen LogP contribution < -0.4 is 5.32 Å². The molecule has 1 atom stereocenters. The van der Waals surface area contributed by atoms with Gasteiger partial charge in [-0.2, -0.15) is 0 Å². The Hall–Kier alpha value is -1.30. The molecule has 2 amide bonds. The van der Waals surface area contributed by atoms with Crippen molar-refractivity contribution in [2.75, 3.05) is 26.8 Å². The third-order valence-electron chi connectivity index (χ3n) is 2.37. The molecule has 0 aromatic carbocycles. The van der Waals surface area contributed by atoms with E-state index in [0.717, 1.165) is 6.42 Å². The molecule has 0 bridgehead atoms. The molecule has 0 saturated carbocycles. The number of rotatable bonds is 5. The zero-order chi connectivity index (χ0) is 11.3. The summed E-state index contributed by atoms with van der Waals surface area (Å²) in [5, 5.41) is 11.6. The van der Waals surface area contributed by atoms with Gasteiger partial charge >= 0.3 is 12.0 Å². The summed E-state index contributed by atoms with van der Waals surface area (Å²) >= 11 is 0. The van der Waals surface area contributed by atoms with Crippen molar-refractivity contribution in [1.29, 1.82) is 0 Å². The predicted molar refractivity (Wildman–Crippen MR) is 52.6 cm³/mol. The number of urea groups is 1. The van der Waals surface area contributed by atoms with Gasteiger partial charge < -0.3 is 20.1 Å². The van der Waals surface area contributed by atoms with E-state index in [1.807, 2.05) is 0 Å². The average molecular weight is 216 g/mol. The van der Waals surface area contributed by atoms with Crippen molar-refractivity contribution in [2.24, 2.45) is 0 Å². The molecule has 1 saturated heterocycles. The Morgan fingerprint density at radius 1 is 1.73 bits per heavy atom. The summed E-state index contributed by atoms with van der Waals surface area (Å²) < 4.78 is 4.83. The molecule has 1 heterocycles. The number of carboxylic acid groups (broad SMARTS) is 1. The maximum atomic E-state index is 11.4. The van der Waals surface area contributed by atoms with Crippen molar-refractivity contribution in [1.82, 2.24) is 10.2 Å². The fourth-order valence-corrected chi connectivity index (χ4v) is 1.59. The summed E-state index contributed by atoms with van der Waals surface area (Å²) in [6.45, 7) is 1.44. The number of aliphatic carboxylic acids is 1. The van der Waals surface area contributed by atoms with E-state index in [-0.39, 0.29) is 6.03 Å². The molecule has 6 nitrogen and oxygen atoms in total. The molecule has 0 aromatic heterocycles. The van der Waals surface area contributed by atoms with Crippen LogP contribution in [0.3, 0.4) is 0 Å². The highest BCUT2D eigenvalue weighted by Crippen LogP contribution is 2.09. The van der Waals surface area contributed by atoms with Crippen LogP contribution >= 0.6 is 0 Å². The van der Waals surface area contributed by atoms with Crippen LogP contribution in [0.25, 0.3) is 0 Å². The molecule has 2 N–H and O–H groups in total. The molecule has 1 aliphatic heterocycles. The highest BCUT2D eigenvalue weighted by molar-refractivity contribution is 5.83. The second-order valence-electron chi connectivity index (χ2n) is 3.41. The van der Waals surface area contributed by atoms with Crippen LogP contribution in [0.2, 0.25) is 0 Å². The molecule has 0 aliphatic carbocycles. The number of hydrogen-bond acceptors (Lipinski definition) is 3. The first-order chi connectivity index (χ1) is 7.16. The number of amides is 2. The first kappa shape index (κ1) is 11.8. The lowest BCUT2D eigenvalue weighted by Crippen LogP contribution is -2.54. The van der Waals surface area contributed by atoms with Gasteiger partial charge in [-0.05, 0) is 6.42 Å². The molecule has 0 spiro atoms. The van der Waals surface area contributed by atoms with Crippen LogP contribution in [0, 0.1) is 0 Å². The Labute approximate surface area is 88.2 Å². The topological polar surface area (TPSA) is 78.9 Å². The molecule has 1 aliphatic rings. The van der Waals surface area contributed by atoms with E-state index in [9.17, 15) is 9.59 Å². The van der Waals surface area contributed by atoms with Crippen molar-refractivity contribution >= 4 is 12.0 Å². The van der Waals surface area contributed by atoms with E-state index < -0.39 is 12.0 Å². The normalized spacial score (nSPS) is 18.5. The molecule has 86 valence electrons. The van der Waals surface area contributed by atoms with Gasteiger partial charge in [0.05, 0.1) is 0 Å². The van der Waals surface area contributed by atoms with Crippen molar-refractivity contribution in [3.05, 3.63) is 0 Å². The highest BCUT2D eigenvalue weighted by atomic mass is 16.5. The lowest BCUT2D eigenvalue weighted by Gasteiger charge is -2.32. The third-order valence-corrected chi connectivity index (χ3v) is 2.37. The molecular formula is C9H16N2O4. The van der Waals surface area contributed by atoms with Crippen LogP contribution in [0.15, 0.2) is 0 Å². The molecule has 1 fully saturated rings. The summed E-state index contributed by atoms with van der Waals surface area (Å²) in [6, 6.07) is -1.09. The smallest absolute Gasteiger partial charge is 0.326 e. The van der Waals surface area contributed by atoms with Gasteiger partial charge in [0.2, 0.25) is 0 Å². The standard InChI is InChI=1S/C9H16N2O4/c1-15-6-3-7(8(12)13)11-5-2-4-10-9(11)14/h7H,2-6H2,1H3,(H,10,14)(H,12,13). The van der Waals surface area contributed by atoms with Crippen LogP contribution in [0.5, 0.6) is 0 Å². The lowest BCUT2D eigenvalue weighted by molar-refractivity contribution is -0.143. The van der Waals surface area contributed by atoms with Gasteiger partial charge in [0, 0.05) is 33.2 Å². The summed E-state index contributed by atoms with van der Waals surface area (Å²) in [5.74, 6) is -0.982. The minimum absolute atomic E-state index is 0.301. The van der Waals surface area contributed by atoms with Gasteiger partial charge in [-0.3, -0.25) is 0 Å². The number of nitrogens with zero attached hydrogens (tertiary/aromatic N) is 1. The molecule has 0 radical (unpaired) electrons. The fraction of sp³-hybridized carbons (Fsp3) is 0.778. The summed E-state index contributed by atoms with van der Waals surface area (Å²) in [6.07, 6.45) is 1.10. The predicted octanol–water partition coefficient (Wildman–Crippen LogP) is -0.109. The number of nitrogens with one attached hydrogen (secondary N) is 1. The molecule has 1 unspecified atom stereocenters. The first-order valence-electron chi connectivity index (χ1n) is 4.93. The largest absolute Gasteiger partial charge is 0.480 e. The molecular weight excluding hydrogens is 200 g/mol. The van der Waals surface area contributed by atoms with E-state index in [2.05, 4.69) is 5.32 Å². The molecule has 6 heteroatoms. The Morgan fingerprint density at radius 2 is 2.47 bits per heavy atom. The van der Waals surface area contributed by atoms with Crippen molar-refractivity contribution in [3.63, 3.8) is 0 Å². The number of hydrogen-bond donors (Lipinski definition) is 2. The third kappa shape index (κ3) is 3.09. The average Bonchev–Trinajstić information content (AvgIpc) is 2.20. The van der Waals surface area contributed by atoms with Gasteiger partial charge in [0.1, 0.15) is 6.04 Å². The molecule has 15 heavy (non-hydrogen) atoms. The van der Waals surface area contributed by atoms with E-state index in [1.54, 1.807) is 0 Å². The fourth-order valence-electron chi connectivity index (χ4n) is 1.59. The molecule has 0 aromatic rings. The number of methoxy groups -OCH3 is 1. The Bertz CT molecular complexity index is 244. The summed E-state index contributed by atoms with van der Waals surface area (Å²) in [7, 11) is 1.51. The van der Waals surface area contributed by atoms with Crippen LogP contribution in [-0.4, -0.2) is 54.9 Å². The SMILES string of the molecule is COCCC(C(=O)O)N1CCCNC1=O. The van der Waals surface area contributed by atoms with E-state index >= 15 is 0 Å². The minimum atomic E-state index is -0.982. The zero-order valence-electron chi connectivity index (χ0n) is 8.73. The van der Waals surface area contributed by atoms with Crippen molar-refractivity contribution in [2.45, 2.75) is 18.9 Å². The maximum absolute atomic E-state index is 11.4. The number of carbonyl (C=O) groups excluding carboxylic acids is 1. The first-order valence-corrected chi connectivity index (χ1v) is 4.93. The van der Waals surface area contributed by atoms with E-state index in [0.29, 0.717) is 26.1 Å². The lowest BCUT2D eigenvalue weighted by atomic mass is 10.1. The second kappa shape index (κ2) is 5.55. The number of carbonyl (C=O) groups is 2.